The van der Waals surface area contributed by atoms with Gasteiger partial charge in [-0.05, 0) is 67.7 Å². The summed E-state index contributed by atoms with van der Waals surface area (Å²) in [5.74, 6) is 1.48. The Balaban J connectivity index is 1.24. The monoisotopic (exact) mass is 614 g/mol. The smallest absolute Gasteiger partial charge is 0.488 e. The van der Waals surface area contributed by atoms with Crippen LogP contribution in [0.3, 0.4) is 0 Å². The number of carbonyl (C=O) groups is 2. The summed E-state index contributed by atoms with van der Waals surface area (Å²) < 4.78 is 7.45. The van der Waals surface area contributed by atoms with Crippen LogP contribution in [-0.4, -0.2) is 69.7 Å². The Morgan fingerprint density at radius 1 is 0.977 bits per heavy atom. The molecular weight excluding hydrogens is 583 g/mol. The Bertz CT molecular complexity index is 1670. The third kappa shape index (κ3) is 6.99. The van der Waals surface area contributed by atoms with Crippen molar-refractivity contribution in [1.29, 1.82) is 0 Å². The first-order valence-corrected chi connectivity index (χ1v) is 14.6. The van der Waals surface area contributed by atoms with Crippen LogP contribution in [0.4, 0.5) is 0 Å². The van der Waals surface area contributed by atoms with E-state index in [4.69, 9.17) is 21.3 Å². The van der Waals surface area contributed by atoms with Gasteiger partial charge in [0, 0.05) is 34.8 Å². The van der Waals surface area contributed by atoms with Crippen molar-refractivity contribution in [2.45, 2.75) is 32.2 Å². The number of aryl methyl sites for hydroxylation is 1. The van der Waals surface area contributed by atoms with Gasteiger partial charge in [-0.1, -0.05) is 35.9 Å². The molecule has 44 heavy (non-hydrogen) atoms. The molecule has 226 valence electrons. The van der Waals surface area contributed by atoms with Crippen molar-refractivity contribution in [3.63, 3.8) is 0 Å². The van der Waals surface area contributed by atoms with Crippen LogP contribution in [0.2, 0.25) is 5.02 Å². The molecule has 1 unspecified atom stereocenters. The number of halogens is 1. The number of hydrogen-bond donors (Lipinski definition) is 4. The largest absolute Gasteiger partial charge is 0.497 e. The highest BCUT2D eigenvalue weighted by Crippen LogP contribution is 2.34. The van der Waals surface area contributed by atoms with Gasteiger partial charge < -0.3 is 25.4 Å². The Labute approximate surface area is 260 Å². The van der Waals surface area contributed by atoms with Crippen LogP contribution in [0, 0.1) is 6.92 Å². The standard InChI is InChI=1S/C31H32BClN6O5/c1-19-37-38-30-26(18-28(40)34-15-3-4-16-35-31(41)21-5-9-22(10-6-21)32(42)43)36-29(20-7-11-23(33)12-8-20)25-17-24(44-2)13-14-27(25)39(19)30/h5-14,17,26,42-43H,3-4,15-16,18H2,1-2H3,(H,34,40)(H,35,41). The highest BCUT2D eigenvalue weighted by molar-refractivity contribution is 6.58. The van der Waals surface area contributed by atoms with Crippen LogP contribution in [0.5, 0.6) is 5.75 Å². The van der Waals surface area contributed by atoms with Gasteiger partial charge in [0.2, 0.25) is 5.91 Å². The zero-order valence-corrected chi connectivity index (χ0v) is 25.1. The van der Waals surface area contributed by atoms with E-state index in [2.05, 4.69) is 20.8 Å². The fraction of sp³-hybridized carbons (Fsp3) is 0.258. The van der Waals surface area contributed by atoms with Crippen LogP contribution in [0.1, 0.15) is 58.4 Å². The van der Waals surface area contributed by atoms with Gasteiger partial charge in [-0.3, -0.25) is 19.1 Å². The molecule has 2 amide bonds. The normalized spacial score (nSPS) is 13.7. The van der Waals surface area contributed by atoms with Crippen LogP contribution >= 0.6 is 11.6 Å². The summed E-state index contributed by atoms with van der Waals surface area (Å²) in [6, 6.07) is 18.6. The lowest BCUT2D eigenvalue weighted by atomic mass is 9.80. The van der Waals surface area contributed by atoms with Crippen LogP contribution in [0.15, 0.2) is 71.7 Å². The summed E-state index contributed by atoms with van der Waals surface area (Å²) >= 11 is 6.17. The number of fused-ring (bicyclic) bond motifs is 3. The maximum Gasteiger partial charge on any atom is 0.488 e. The van der Waals surface area contributed by atoms with Gasteiger partial charge in [-0.2, -0.15) is 0 Å². The summed E-state index contributed by atoms with van der Waals surface area (Å²) in [6.07, 6.45) is 1.38. The van der Waals surface area contributed by atoms with E-state index in [1.165, 1.54) is 24.3 Å². The minimum Gasteiger partial charge on any atom is -0.497 e. The summed E-state index contributed by atoms with van der Waals surface area (Å²) in [7, 11) is 0.0308. The number of aromatic nitrogens is 3. The lowest BCUT2D eigenvalue weighted by Crippen LogP contribution is -2.31. The van der Waals surface area contributed by atoms with Crippen LogP contribution < -0.4 is 20.8 Å². The molecule has 1 atom stereocenters. The van der Waals surface area contributed by atoms with Gasteiger partial charge in [0.25, 0.3) is 5.91 Å². The highest BCUT2D eigenvalue weighted by Gasteiger charge is 2.30. The molecule has 13 heteroatoms. The SMILES string of the molecule is COc1ccc2c(c1)C(c1ccc(Cl)cc1)=NC(CC(=O)NCCCCNC(=O)c1ccc(B(O)O)cc1)c1nnc(C)n1-2. The molecule has 0 radical (unpaired) electrons. The van der Waals surface area contributed by atoms with E-state index in [9.17, 15) is 19.6 Å². The molecule has 0 saturated carbocycles. The molecule has 4 N–H and O–H groups in total. The van der Waals surface area contributed by atoms with Gasteiger partial charge in [-0.25, -0.2) is 0 Å². The van der Waals surface area contributed by atoms with Crippen molar-refractivity contribution in [1.82, 2.24) is 25.4 Å². The maximum atomic E-state index is 13.1. The summed E-state index contributed by atoms with van der Waals surface area (Å²) in [5, 5.41) is 33.5. The van der Waals surface area contributed by atoms with Crippen molar-refractivity contribution < 1.29 is 24.4 Å². The molecule has 0 saturated heterocycles. The number of benzene rings is 3. The first kappa shape index (κ1) is 30.9. The number of amides is 2. The third-order valence-electron chi connectivity index (χ3n) is 7.31. The van der Waals surface area contributed by atoms with Crippen LogP contribution in [0.25, 0.3) is 5.69 Å². The molecular formula is C31H32BClN6O5. The zero-order valence-electron chi connectivity index (χ0n) is 24.3. The van der Waals surface area contributed by atoms with E-state index in [1.807, 2.05) is 41.8 Å². The predicted octanol–water partition coefficient (Wildman–Crippen LogP) is 2.53. The fourth-order valence-corrected chi connectivity index (χ4v) is 5.14. The molecule has 0 spiro atoms. The molecule has 0 bridgehead atoms. The van der Waals surface area contributed by atoms with E-state index < -0.39 is 13.2 Å². The van der Waals surface area contributed by atoms with E-state index in [1.54, 1.807) is 19.2 Å². The van der Waals surface area contributed by atoms with Gasteiger partial charge in [-0.15, -0.1) is 10.2 Å². The number of hydrogen-bond acceptors (Lipinski definition) is 8. The van der Waals surface area contributed by atoms with E-state index >= 15 is 0 Å². The number of ether oxygens (including phenoxy) is 1. The zero-order chi connectivity index (χ0) is 31.2. The minimum atomic E-state index is -1.58. The highest BCUT2D eigenvalue weighted by atomic mass is 35.5. The lowest BCUT2D eigenvalue weighted by Gasteiger charge is -2.14. The molecule has 11 nitrogen and oxygen atoms in total. The average Bonchev–Trinajstić information content (AvgIpc) is 3.35. The Hall–Kier alpha value is -4.52. The fourth-order valence-electron chi connectivity index (χ4n) is 5.01. The third-order valence-corrected chi connectivity index (χ3v) is 7.56. The topological polar surface area (TPSA) is 151 Å². The van der Waals surface area contributed by atoms with Gasteiger partial charge in [0.15, 0.2) is 5.82 Å². The molecule has 0 fully saturated rings. The summed E-state index contributed by atoms with van der Waals surface area (Å²) in [5.41, 5.74) is 3.93. The maximum absolute atomic E-state index is 13.1. The van der Waals surface area contributed by atoms with Crippen molar-refractivity contribution in [3.05, 3.63) is 100 Å². The second-order valence-corrected chi connectivity index (χ2v) is 10.8. The molecule has 2 heterocycles. The van der Waals surface area contributed by atoms with Crippen molar-refractivity contribution in [3.8, 4) is 11.4 Å². The lowest BCUT2D eigenvalue weighted by molar-refractivity contribution is -0.121. The average molecular weight is 615 g/mol. The second-order valence-electron chi connectivity index (χ2n) is 10.3. The minimum absolute atomic E-state index is 0.0651. The summed E-state index contributed by atoms with van der Waals surface area (Å²) in [6.45, 7) is 2.73. The Morgan fingerprint density at radius 2 is 1.68 bits per heavy atom. The van der Waals surface area contributed by atoms with Crippen molar-refractivity contribution in [2.75, 3.05) is 20.2 Å². The number of rotatable bonds is 11. The molecule has 1 aliphatic heterocycles. The first-order chi connectivity index (χ1) is 21.2. The summed E-state index contributed by atoms with van der Waals surface area (Å²) in [4.78, 5) is 30.5. The second kappa shape index (κ2) is 13.9. The van der Waals surface area contributed by atoms with Crippen molar-refractivity contribution >= 4 is 41.7 Å². The number of aliphatic imine (C=N–C) groups is 1. The molecule has 5 rings (SSSR count). The van der Waals surface area contributed by atoms with E-state index in [-0.39, 0.29) is 18.2 Å². The number of nitrogens with one attached hydrogen (secondary N) is 2. The number of carbonyl (C=O) groups excluding carboxylic acids is 2. The Morgan fingerprint density at radius 3 is 2.36 bits per heavy atom. The molecule has 1 aromatic heterocycles. The number of methoxy groups -OCH3 is 1. The number of unbranched alkanes of at least 4 members (excludes halogenated alkanes) is 1. The molecule has 1 aliphatic rings. The number of nitrogens with zero attached hydrogens (tertiary/aromatic N) is 4. The van der Waals surface area contributed by atoms with Crippen LogP contribution in [-0.2, 0) is 4.79 Å². The van der Waals surface area contributed by atoms with E-state index in [0.29, 0.717) is 65.1 Å². The quantitative estimate of drug-likeness (QED) is 0.150. The van der Waals surface area contributed by atoms with Crippen molar-refractivity contribution in [2.24, 2.45) is 4.99 Å². The molecule has 4 aromatic rings. The van der Waals surface area contributed by atoms with E-state index in [0.717, 1.165) is 16.8 Å². The Kier molecular flexibility index (Phi) is 9.74. The first-order valence-electron chi connectivity index (χ1n) is 14.2. The van der Waals surface area contributed by atoms with Gasteiger partial charge in [0.05, 0.1) is 24.9 Å². The molecule has 0 aliphatic carbocycles. The van der Waals surface area contributed by atoms with Gasteiger partial charge in [0.1, 0.15) is 17.6 Å². The van der Waals surface area contributed by atoms with Gasteiger partial charge >= 0.3 is 7.12 Å². The predicted molar refractivity (Wildman–Crippen MR) is 168 cm³/mol. The molecule has 3 aromatic carbocycles.